The molecule has 28 heavy (non-hydrogen) atoms. The van der Waals surface area contributed by atoms with Crippen LogP contribution in [0.25, 0.3) is 0 Å². The minimum Gasteiger partial charge on any atom is -0.258 e. The quantitative estimate of drug-likeness (QED) is 0.514. The van der Waals surface area contributed by atoms with E-state index >= 15 is 0 Å². The average molecular weight is 446 g/mol. The second-order valence-electron chi connectivity index (χ2n) is 6.16. The summed E-state index contributed by atoms with van der Waals surface area (Å²) in [5.74, 6) is 0. The number of aryl methyl sites for hydroxylation is 1. The minimum atomic E-state index is -4.09. The van der Waals surface area contributed by atoms with Gasteiger partial charge in [0.2, 0.25) is 20.0 Å². The van der Waals surface area contributed by atoms with Crippen LogP contribution in [0.5, 0.6) is 0 Å². The van der Waals surface area contributed by atoms with Gasteiger partial charge < -0.3 is 0 Å². The Kier molecular flexibility index (Phi) is 5.47. The van der Waals surface area contributed by atoms with Crippen molar-refractivity contribution in [3.63, 3.8) is 0 Å². The third-order valence-electron chi connectivity index (χ3n) is 4.38. The number of rotatable bonds is 5. The summed E-state index contributed by atoms with van der Waals surface area (Å²) in [4.78, 5) is 10.2. The summed E-state index contributed by atoms with van der Waals surface area (Å²) in [6, 6.07) is 9.17. The third-order valence-corrected chi connectivity index (χ3v) is 8.31. The molecule has 1 saturated heterocycles. The lowest BCUT2D eigenvalue weighted by atomic mass is 10.2. The zero-order valence-corrected chi connectivity index (χ0v) is 17.0. The molecule has 0 radical (unpaired) electrons. The summed E-state index contributed by atoms with van der Waals surface area (Å²) < 4.78 is 53.1. The Hall–Kier alpha value is -2.05. The molecule has 0 aromatic heterocycles. The SMILES string of the molecule is Cc1ccc(S(=O)(=O)N2CCN(S(=O)(=O)c3ccc(Cl)cc3)C2)cc1[N+](=O)[O-]. The van der Waals surface area contributed by atoms with Crippen molar-refractivity contribution in [2.45, 2.75) is 16.7 Å². The highest BCUT2D eigenvalue weighted by atomic mass is 35.5. The van der Waals surface area contributed by atoms with Crippen molar-refractivity contribution in [2.75, 3.05) is 19.8 Å². The Balaban J connectivity index is 1.88. The molecule has 1 heterocycles. The molecule has 0 atom stereocenters. The van der Waals surface area contributed by atoms with Crippen molar-refractivity contribution in [3.05, 3.63) is 63.2 Å². The fourth-order valence-electron chi connectivity index (χ4n) is 2.78. The molecule has 150 valence electrons. The maximum absolute atomic E-state index is 12.8. The molecular weight excluding hydrogens is 430 g/mol. The summed E-state index contributed by atoms with van der Waals surface area (Å²) >= 11 is 5.77. The van der Waals surface area contributed by atoms with Gasteiger partial charge in [-0.25, -0.2) is 16.8 Å². The van der Waals surface area contributed by atoms with E-state index in [-0.39, 0.29) is 35.2 Å². The first-order valence-electron chi connectivity index (χ1n) is 8.04. The maximum atomic E-state index is 12.8. The van der Waals surface area contributed by atoms with Crippen molar-refractivity contribution in [1.82, 2.24) is 8.61 Å². The third kappa shape index (κ3) is 3.76. The lowest BCUT2D eigenvalue weighted by Crippen LogP contribution is -2.34. The number of hydrogen-bond donors (Lipinski definition) is 0. The highest BCUT2D eigenvalue weighted by molar-refractivity contribution is 7.90. The average Bonchev–Trinajstić information content (AvgIpc) is 3.14. The van der Waals surface area contributed by atoms with Crippen molar-refractivity contribution < 1.29 is 21.8 Å². The molecule has 0 amide bonds. The Bertz CT molecular complexity index is 1130. The van der Waals surface area contributed by atoms with Gasteiger partial charge in [-0.2, -0.15) is 8.61 Å². The van der Waals surface area contributed by atoms with E-state index in [2.05, 4.69) is 0 Å². The van der Waals surface area contributed by atoms with E-state index in [1.165, 1.54) is 43.3 Å². The molecule has 0 aliphatic carbocycles. The Morgan fingerprint density at radius 3 is 1.96 bits per heavy atom. The summed E-state index contributed by atoms with van der Waals surface area (Å²) in [5, 5.41) is 11.5. The van der Waals surface area contributed by atoms with Gasteiger partial charge in [0.05, 0.1) is 21.4 Å². The molecular formula is C16H16ClN3O6S2. The summed E-state index contributed by atoms with van der Waals surface area (Å²) in [6.07, 6.45) is 0. The second-order valence-corrected chi connectivity index (χ2v) is 10.5. The number of nitrogens with zero attached hydrogens (tertiary/aromatic N) is 3. The van der Waals surface area contributed by atoms with Crippen LogP contribution in [0, 0.1) is 17.0 Å². The zero-order chi connectivity index (χ0) is 20.7. The predicted molar refractivity (Wildman–Crippen MR) is 102 cm³/mol. The number of nitro groups is 1. The molecule has 0 bridgehead atoms. The van der Waals surface area contributed by atoms with Gasteiger partial charge in [-0.3, -0.25) is 10.1 Å². The van der Waals surface area contributed by atoms with E-state index in [1.54, 1.807) is 0 Å². The molecule has 0 spiro atoms. The standard InChI is InChI=1S/C16H16ClN3O6S2/c1-12-2-5-15(10-16(12)20(21)22)28(25,26)19-9-8-18(11-19)27(23,24)14-6-3-13(17)4-7-14/h2-7,10H,8-9,11H2,1H3. The second kappa shape index (κ2) is 7.41. The van der Waals surface area contributed by atoms with Gasteiger partial charge in [-0.15, -0.1) is 0 Å². The van der Waals surface area contributed by atoms with Crippen molar-refractivity contribution in [2.24, 2.45) is 0 Å². The normalized spacial score (nSPS) is 16.4. The Morgan fingerprint density at radius 1 is 0.929 bits per heavy atom. The first-order chi connectivity index (χ1) is 13.0. The molecule has 2 aromatic carbocycles. The van der Waals surface area contributed by atoms with Gasteiger partial charge in [0.15, 0.2) is 0 Å². The van der Waals surface area contributed by atoms with E-state index in [1.807, 2.05) is 0 Å². The highest BCUT2D eigenvalue weighted by Gasteiger charge is 2.38. The van der Waals surface area contributed by atoms with Crippen molar-refractivity contribution in [3.8, 4) is 0 Å². The van der Waals surface area contributed by atoms with E-state index in [4.69, 9.17) is 11.6 Å². The van der Waals surface area contributed by atoms with Crippen LogP contribution in [0.2, 0.25) is 5.02 Å². The molecule has 12 heteroatoms. The van der Waals surface area contributed by atoms with E-state index in [0.29, 0.717) is 10.6 Å². The van der Waals surface area contributed by atoms with E-state index in [0.717, 1.165) is 14.7 Å². The lowest BCUT2D eigenvalue weighted by molar-refractivity contribution is -0.385. The zero-order valence-electron chi connectivity index (χ0n) is 14.6. The first kappa shape index (κ1) is 20.7. The summed E-state index contributed by atoms with van der Waals surface area (Å²) in [5.41, 5.74) is 0.0169. The minimum absolute atomic E-state index is 0.00196. The molecule has 0 saturated carbocycles. The van der Waals surface area contributed by atoms with Crippen LogP contribution >= 0.6 is 11.6 Å². The predicted octanol–water partition coefficient (Wildman–Crippen LogP) is 2.21. The first-order valence-corrected chi connectivity index (χ1v) is 11.3. The molecule has 0 unspecified atom stereocenters. The van der Waals surface area contributed by atoms with Crippen LogP contribution in [-0.2, 0) is 20.0 Å². The Morgan fingerprint density at radius 2 is 1.43 bits per heavy atom. The van der Waals surface area contributed by atoms with Crippen LogP contribution in [0.4, 0.5) is 5.69 Å². The number of sulfonamides is 2. The summed E-state index contributed by atoms with van der Waals surface area (Å²) in [7, 11) is -7.99. The van der Waals surface area contributed by atoms with Crippen molar-refractivity contribution >= 4 is 37.3 Å². The van der Waals surface area contributed by atoms with E-state index < -0.39 is 25.0 Å². The maximum Gasteiger partial charge on any atom is 0.273 e. The molecule has 1 aliphatic heterocycles. The van der Waals surface area contributed by atoms with Gasteiger partial charge in [0, 0.05) is 29.7 Å². The highest BCUT2D eigenvalue weighted by Crippen LogP contribution is 2.28. The fraction of sp³-hybridized carbons (Fsp3) is 0.250. The largest absolute Gasteiger partial charge is 0.273 e. The topological polar surface area (TPSA) is 118 Å². The molecule has 0 N–H and O–H groups in total. The molecule has 2 aromatic rings. The molecule has 1 aliphatic rings. The van der Waals surface area contributed by atoms with Crippen LogP contribution in [0.1, 0.15) is 5.56 Å². The van der Waals surface area contributed by atoms with Crippen LogP contribution in [0.3, 0.4) is 0 Å². The Labute approximate surface area is 167 Å². The van der Waals surface area contributed by atoms with Gasteiger partial charge in [-0.1, -0.05) is 17.7 Å². The lowest BCUT2D eigenvalue weighted by Gasteiger charge is -2.18. The molecule has 3 rings (SSSR count). The monoisotopic (exact) mass is 445 g/mol. The number of hydrogen-bond acceptors (Lipinski definition) is 6. The van der Waals surface area contributed by atoms with Crippen LogP contribution in [-0.4, -0.2) is 50.1 Å². The fourth-order valence-corrected chi connectivity index (χ4v) is 5.79. The van der Waals surface area contributed by atoms with Gasteiger partial charge >= 0.3 is 0 Å². The van der Waals surface area contributed by atoms with Gasteiger partial charge in [-0.05, 0) is 37.3 Å². The van der Waals surface area contributed by atoms with Crippen molar-refractivity contribution in [1.29, 1.82) is 0 Å². The number of nitro benzene ring substituents is 1. The number of benzene rings is 2. The summed E-state index contributed by atoms with van der Waals surface area (Å²) in [6.45, 7) is 1.04. The van der Waals surface area contributed by atoms with Crippen LogP contribution in [0.15, 0.2) is 52.3 Å². The smallest absolute Gasteiger partial charge is 0.258 e. The van der Waals surface area contributed by atoms with Crippen LogP contribution < -0.4 is 0 Å². The molecule has 9 nitrogen and oxygen atoms in total. The number of halogens is 1. The van der Waals surface area contributed by atoms with E-state index in [9.17, 15) is 26.9 Å². The molecule has 1 fully saturated rings. The van der Waals surface area contributed by atoms with Gasteiger partial charge in [0.25, 0.3) is 5.69 Å². The van der Waals surface area contributed by atoms with Gasteiger partial charge in [0.1, 0.15) is 0 Å².